The van der Waals surface area contributed by atoms with Crippen LogP contribution in [0, 0.1) is 20.8 Å². The zero-order valence-corrected chi connectivity index (χ0v) is 17.6. The highest BCUT2D eigenvalue weighted by Gasteiger charge is 2.23. The predicted molar refractivity (Wildman–Crippen MR) is 109 cm³/mol. The lowest BCUT2D eigenvalue weighted by molar-refractivity contribution is 0.0617. The lowest BCUT2D eigenvalue weighted by atomic mass is 10.1. The first-order valence-electron chi connectivity index (χ1n) is 10.1. The van der Waals surface area contributed by atoms with Crippen LogP contribution in [-0.2, 0) is 13.2 Å². The van der Waals surface area contributed by atoms with Gasteiger partial charge in [-0.2, -0.15) is 0 Å². The maximum absolute atomic E-state index is 12.8. The Bertz CT molecular complexity index is 981. The van der Waals surface area contributed by atoms with E-state index in [0.717, 1.165) is 48.1 Å². The van der Waals surface area contributed by atoms with Crippen molar-refractivity contribution in [1.29, 1.82) is 0 Å². The molecule has 0 saturated carbocycles. The highest BCUT2D eigenvalue weighted by Crippen LogP contribution is 2.19. The van der Waals surface area contributed by atoms with Gasteiger partial charge in [-0.15, -0.1) is 0 Å². The van der Waals surface area contributed by atoms with Crippen LogP contribution in [-0.4, -0.2) is 52.2 Å². The van der Waals surface area contributed by atoms with Crippen LogP contribution in [0.4, 0.5) is 0 Å². The number of carbonyl (C=O) groups is 1. The second-order valence-electron chi connectivity index (χ2n) is 7.62. The first kappa shape index (κ1) is 20.2. The van der Waals surface area contributed by atoms with Gasteiger partial charge in [0.15, 0.2) is 5.76 Å². The van der Waals surface area contributed by atoms with Gasteiger partial charge >= 0.3 is 0 Å². The van der Waals surface area contributed by atoms with E-state index in [1.807, 2.05) is 56.0 Å². The number of amides is 1. The standard InChI is InChI=1S/C22H26N4O4/c1-15-12-20(30-23-15)13-25-8-10-26(11-9-25)22(27)18-4-6-19(7-5-18)28-14-21-16(2)24-29-17(21)3/h4-7,12H,8-11,13-14H2,1-3H3. The van der Waals surface area contributed by atoms with Crippen LogP contribution in [0.15, 0.2) is 39.4 Å². The fourth-order valence-electron chi connectivity index (χ4n) is 3.56. The summed E-state index contributed by atoms with van der Waals surface area (Å²) in [4.78, 5) is 17.0. The van der Waals surface area contributed by atoms with E-state index in [9.17, 15) is 4.79 Å². The van der Waals surface area contributed by atoms with Crippen molar-refractivity contribution in [2.24, 2.45) is 0 Å². The van der Waals surface area contributed by atoms with E-state index in [1.54, 1.807) is 0 Å². The SMILES string of the molecule is Cc1cc(CN2CCN(C(=O)c3ccc(OCc4c(C)noc4C)cc3)CC2)on1. The lowest BCUT2D eigenvalue weighted by Crippen LogP contribution is -2.48. The number of aryl methyl sites for hydroxylation is 3. The van der Waals surface area contributed by atoms with Gasteiger partial charge in [-0.05, 0) is 45.0 Å². The molecular weight excluding hydrogens is 384 g/mol. The van der Waals surface area contributed by atoms with E-state index in [2.05, 4.69) is 15.2 Å². The molecule has 1 aromatic carbocycles. The Hall–Kier alpha value is -3.13. The molecule has 0 atom stereocenters. The average molecular weight is 410 g/mol. The van der Waals surface area contributed by atoms with Crippen LogP contribution in [0.3, 0.4) is 0 Å². The van der Waals surface area contributed by atoms with Crippen molar-refractivity contribution >= 4 is 5.91 Å². The van der Waals surface area contributed by atoms with Crippen LogP contribution in [0.5, 0.6) is 5.75 Å². The van der Waals surface area contributed by atoms with Crippen molar-refractivity contribution < 1.29 is 18.6 Å². The van der Waals surface area contributed by atoms with Crippen molar-refractivity contribution in [3.8, 4) is 5.75 Å². The normalized spacial score (nSPS) is 14.8. The van der Waals surface area contributed by atoms with E-state index >= 15 is 0 Å². The van der Waals surface area contributed by atoms with Gasteiger partial charge in [-0.1, -0.05) is 10.3 Å². The molecule has 2 aromatic heterocycles. The molecule has 1 saturated heterocycles. The highest BCUT2D eigenvalue weighted by atomic mass is 16.5. The number of nitrogens with zero attached hydrogens (tertiary/aromatic N) is 4. The molecule has 3 heterocycles. The van der Waals surface area contributed by atoms with Crippen LogP contribution in [0.1, 0.15) is 38.8 Å². The van der Waals surface area contributed by atoms with Crippen LogP contribution >= 0.6 is 0 Å². The molecule has 3 aromatic rings. The second kappa shape index (κ2) is 8.71. The molecule has 8 nitrogen and oxygen atoms in total. The number of rotatable bonds is 6. The largest absolute Gasteiger partial charge is 0.489 e. The number of carbonyl (C=O) groups excluding carboxylic acids is 1. The third-order valence-corrected chi connectivity index (χ3v) is 5.38. The smallest absolute Gasteiger partial charge is 0.253 e. The zero-order valence-electron chi connectivity index (χ0n) is 17.6. The minimum absolute atomic E-state index is 0.0439. The summed E-state index contributed by atoms with van der Waals surface area (Å²) in [5.41, 5.74) is 3.34. The molecule has 1 aliphatic heterocycles. The number of piperazine rings is 1. The molecule has 0 N–H and O–H groups in total. The first-order valence-corrected chi connectivity index (χ1v) is 10.1. The van der Waals surface area contributed by atoms with Gasteiger partial charge in [0.05, 0.1) is 23.5 Å². The minimum atomic E-state index is 0.0439. The molecule has 158 valence electrons. The van der Waals surface area contributed by atoms with Crippen molar-refractivity contribution in [1.82, 2.24) is 20.1 Å². The third kappa shape index (κ3) is 4.54. The summed E-state index contributed by atoms with van der Waals surface area (Å²) in [6.07, 6.45) is 0. The summed E-state index contributed by atoms with van der Waals surface area (Å²) in [7, 11) is 0. The van der Waals surface area contributed by atoms with Crippen LogP contribution in [0.2, 0.25) is 0 Å². The average Bonchev–Trinajstić information content (AvgIpc) is 3.31. The molecular formula is C22H26N4O4. The Balaban J connectivity index is 1.28. The van der Waals surface area contributed by atoms with Gasteiger partial charge in [-0.3, -0.25) is 9.69 Å². The molecule has 1 amide bonds. The Kier molecular flexibility index (Phi) is 5.85. The monoisotopic (exact) mass is 410 g/mol. The molecule has 1 aliphatic rings. The Morgan fingerprint density at radius 3 is 2.37 bits per heavy atom. The molecule has 1 fully saturated rings. The summed E-state index contributed by atoms with van der Waals surface area (Å²) in [5, 5.41) is 7.85. The van der Waals surface area contributed by atoms with E-state index in [-0.39, 0.29) is 5.91 Å². The van der Waals surface area contributed by atoms with Crippen molar-refractivity contribution in [2.45, 2.75) is 33.9 Å². The lowest BCUT2D eigenvalue weighted by Gasteiger charge is -2.34. The molecule has 30 heavy (non-hydrogen) atoms. The van der Waals surface area contributed by atoms with Crippen molar-refractivity contribution in [3.05, 3.63) is 64.4 Å². The summed E-state index contributed by atoms with van der Waals surface area (Å²) < 4.78 is 16.3. The summed E-state index contributed by atoms with van der Waals surface area (Å²) in [6, 6.07) is 9.23. The van der Waals surface area contributed by atoms with Crippen LogP contribution in [0.25, 0.3) is 0 Å². The minimum Gasteiger partial charge on any atom is -0.489 e. The maximum atomic E-state index is 12.8. The van der Waals surface area contributed by atoms with Gasteiger partial charge in [0.25, 0.3) is 5.91 Å². The third-order valence-electron chi connectivity index (χ3n) is 5.38. The number of hydrogen-bond acceptors (Lipinski definition) is 7. The van der Waals surface area contributed by atoms with E-state index in [1.165, 1.54) is 0 Å². The number of ether oxygens (including phenoxy) is 1. The highest BCUT2D eigenvalue weighted by molar-refractivity contribution is 5.94. The van der Waals surface area contributed by atoms with Gasteiger partial charge in [-0.25, -0.2) is 0 Å². The summed E-state index contributed by atoms with van der Waals surface area (Å²) in [5.74, 6) is 2.37. The van der Waals surface area contributed by atoms with E-state index in [4.69, 9.17) is 13.8 Å². The zero-order chi connectivity index (χ0) is 21.1. The fourth-order valence-corrected chi connectivity index (χ4v) is 3.56. The topological polar surface area (TPSA) is 84.8 Å². The Morgan fingerprint density at radius 1 is 1.03 bits per heavy atom. The number of hydrogen-bond donors (Lipinski definition) is 0. The summed E-state index contributed by atoms with van der Waals surface area (Å²) in [6.45, 7) is 9.79. The molecule has 0 radical (unpaired) electrons. The van der Waals surface area contributed by atoms with Crippen molar-refractivity contribution in [3.63, 3.8) is 0 Å². The number of aromatic nitrogens is 2. The second-order valence-corrected chi connectivity index (χ2v) is 7.62. The van der Waals surface area contributed by atoms with E-state index < -0.39 is 0 Å². The van der Waals surface area contributed by atoms with Gasteiger partial charge in [0.2, 0.25) is 0 Å². The fraction of sp³-hybridized carbons (Fsp3) is 0.409. The maximum Gasteiger partial charge on any atom is 0.253 e. The molecule has 8 heteroatoms. The van der Waals surface area contributed by atoms with E-state index in [0.29, 0.717) is 31.0 Å². The van der Waals surface area contributed by atoms with Crippen LogP contribution < -0.4 is 4.74 Å². The Morgan fingerprint density at radius 2 is 1.77 bits per heavy atom. The molecule has 4 rings (SSSR count). The number of benzene rings is 1. The summed E-state index contributed by atoms with van der Waals surface area (Å²) >= 11 is 0. The predicted octanol–water partition coefficient (Wildman–Crippen LogP) is 3.12. The van der Waals surface area contributed by atoms with Gasteiger partial charge < -0.3 is 18.7 Å². The van der Waals surface area contributed by atoms with Gasteiger partial charge in [0.1, 0.15) is 18.1 Å². The molecule has 0 unspecified atom stereocenters. The first-order chi connectivity index (χ1) is 14.5. The molecule has 0 spiro atoms. The Labute approximate surface area is 175 Å². The van der Waals surface area contributed by atoms with Gasteiger partial charge in [0, 0.05) is 37.8 Å². The molecule has 0 bridgehead atoms. The van der Waals surface area contributed by atoms with Crippen molar-refractivity contribution in [2.75, 3.05) is 26.2 Å². The molecule has 0 aliphatic carbocycles. The quantitative estimate of drug-likeness (QED) is 0.617.